The SMILES string of the molecule is Cc1cccc(CN(CCN2CCOCC2)Cc2nc(C(=O)NCC3CCCO3)co2)c1. The lowest BCUT2D eigenvalue weighted by Gasteiger charge is -2.29. The number of hydrogen-bond acceptors (Lipinski definition) is 7. The summed E-state index contributed by atoms with van der Waals surface area (Å²) in [5.74, 6) is 0.343. The monoisotopic (exact) mass is 442 g/mol. The third-order valence-corrected chi connectivity index (χ3v) is 5.98. The third-order valence-electron chi connectivity index (χ3n) is 5.98. The van der Waals surface area contributed by atoms with E-state index in [4.69, 9.17) is 13.9 Å². The van der Waals surface area contributed by atoms with Gasteiger partial charge in [-0.15, -0.1) is 0 Å². The lowest BCUT2D eigenvalue weighted by molar-refractivity contribution is 0.0320. The van der Waals surface area contributed by atoms with E-state index in [0.29, 0.717) is 24.7 Å². The number of hydrogen-bond donors (Lipinski definition) is 1. The molecule has 1 aromatic heterocycles. The molecule has 0 radical (unpaired) electrons. The van der Waals surface area contributed by atoms with E-state index in [1.54, 1.807) is 0 Å². The summed E-state index contributed by atoms with van der Waals surface area (Å²) in [5, 5.41) is 2.90. The summed E-state index contributed by atoms with van der Waals surface area (Å²) in [6.45, 7) is 10.1. The first-order chi connectivity index (χ1) is 15.7. The van der Waals surface area contributed by atoms with Crippen LogP contribution in [0.25, 0.3) is 0 Å². The number of rotatable bonds is 10. The molecule has 1 amide bonds. The zero-order valence-corrected chi connectivity index (χ0v) is 18.9. The summed E-state index contributed by atoms with van der Waals surface area (Å²) in [6.07, 6.45) is 3.60. The maximum Gasteiger partial charge on any atom is 0.273 e. The van der Waals surface area contributed by atoms with E-state index in [9.17, 15) is 4.79 Å². The lowest BCUT2D eigenvalue weighted by atomic mass is 10.1. The van der Waals surface area contributed by atoms with Gasteiger partial charge in [-0.05, 0) is 25.3 Å². The number of ether oxygens (including phenoxy) is 2. The van der Waals surface area contributed by atoms with Crippen molar-refractivity contribution in [1.82, 2.24) is 20.1 Å². The summed E-state index contributed by atoms with van der Waals surface area (Å²) in [5.41, 5.74) is 2.83. The lowest BCUT2D eigenvalue weighted by Crippen LogP contribution is -2.41. The average molecular weight is 443 g/mol. The van der Waals surface area contributed by atoms with Crippen molar-refractivity contribution in [1.29, 1.82) is 0 Å². The number of benzene rings is 1. The van der Waals surface area contributed by atoms with E-state index >= 15 is 0 Å². The standard InChI is InChI=1S/C24H34N4O4/c1-19-4-2-5-20(14-19)16-28(8-7-27-9-12-30-13-10-27)17-23-26-22(18-32-23)24(29)25-15-21-6-3-11-31-21/h2,4-5,14,18,21H,3,6-13,15-17H2,1H3,(H,25,29). The minimum absolute atomic E-state index is 0.107. The van der Waals surface area contributed by atoms with Crippen molar-refractivity contribution >= 4 is 5.91 Å². The molecule has 174 valence electrons. The Morgan fingerprint density at radius 1 is 1.25 bits per heavy atom. The summed E-state index contributed by atoms with van der Waals surface area (Å²) in [7, 11) is 0. The molecule has 0 bridgehead atoms. The van der Waals surface area contributed by atoms with Gasteiger partial charge in [0.15, 0.2) is 5.69 Å². The van der Waals surface area contributed by atoms with Gasteiger partial charge in [0.05, 0.1) is 25.9 Å². The number of amides is 1. The number of nitrogens with one attached hydrogen (secondary N) is 1. The van der Waals surface area contributed by atoms with Crippen LogP contribution in [-0.2, 0) is 22.6 Å². The Labute approximate surface area is 189 Å². The number of carbonyl (C=O) groups excluding carboxylic acids is 1. The second-order valence-electron chi connectivity index (χ2n) is 8.63. The van der Waals surface area contributed by atoms with Crippen LogP contribution in [0.3, 0.4) is 0 Å². The van der Waals surface area contributed by atoms with E-state index in [0.717, 1.165) is 65.4 Å². The van der Waals surface area contributed by atoms with Crippen molar-refractivity contribution in [2.24, 2.45) is 0 Å². The van der Waals surface area contributed by atoms with Crippen LogP contribution in [0.1, 0.15) is 40.3 Å². The summed E-state index contributed by atoms with van der Waals surface area (Å²) in [4.78, 5) is 21.6. The zero-order valence-electron chi connectivity index (χ0n) is 18.9. The smallest absolute Gasteiger partial charge is 0.273 e. The number of carbonyl (C=O) groups is 1. The summed E-state index contributed by atoms with van der Waals surface area (Å²) >= 11 is 0. The predicted molar refractivity (Wildman–Crippen MR) is 120 cm³/mol. The van der Waals surface area contributed by atoms with Gasteiger partial charge in [-0.2, -0.15) is 0 Å². The molecule has 4 rings (SSSR count). The molecular formula is C24H34N4O4. The van der Waals surface area contributed by atoms with Crippen molar-refractivity contribution < 1.29 is 18.7 Å². The highest BCUT2D eigenvalue weighted by atomic mass is 16.5. The topological polar surface area (TPSA) is 80.1 Å². The minimum Gasteiger partial charge on any atom is -0.447 e. The molecule has 8 nitrogen and oxygen atoms in total. The van der Waals surface area contributed by atoms with Crippen molar-refractivity contribution in [2.45, 2.75) is 39.0 Å². The molecule has 1 unspecified atom stereocenters. The van der Waals surface area contributed by atoms with E-state index in [1.807, 2.05) is 0 Å². The molecule has 0 spiro atoms. The Morgan fingerprint density at radius 3 is 2.91 bits per heavy atom. The maximum absolute atomic E-state index is 12.4. The van der Waals surface area contributed by atoms with Gasteiger partial charge in [-0.25, -0.2) is 4.98 Å². The molecule has 2 aliphatic rings. The molecule has 2 fully saturated rings. The van der Waals surface area contributed by atoms with Crippen molar-refractivity contribution in [3.63, 3.8) is 0 Å². The molecule has 2 aromatic rings. The Morgan fingerprint density at radius 2 is 2.12 bits per heavy atom. The summed E-state index contributed by atoms with van der Waals surface area (Å²) in [6, 6.07) is 8.55. The van der Waals surface area contributed by atoms with Crippen molar-refractivity contribution in [3.8, 4) is 0 Å². The average Bonchev–Trinajstić information content (AvgIpc) is 3.49. The minimum atomic E-state index is -0.214. The number of morpholine rings is 1. The summed E-state index contributed by atoms with van der Waals surface area (Å²) < 4.78 is 16.7. The first-order valence-electron chi connectivity index (χ1n) is 11.6. The third kappa shape index (κ3) is 6.87. The van der Waals surface area contributed by atoms with Gasteiger partial charge < -0.3 is 19.2 Å². The Balaban J connectivity index is 1.35. The quantitative estimate of drug-likeness (QED) is 0.604. The molecule has 2 aliphatic heterocycles. The Bertz CT molecular complexity index is 859. The molecule has 3 heterocycles. The fourth-order valence-corrected chi connectivity index (χ4v) is 4.17. The van der Waals surface area contributed by atoms with Crippen LogP contribution in [0, 0.1) is 6.92 Å². The van der Waals surface area contributed by atoms with Crippen LogP contribution in [0.15, 0.2) is 34.9 Å². The van der Waals surface area contributed by atoms with Crippen molar-refractivity contribution in [3.05, 3.63) is 53.2 Å². The highest BCUT2D eigenvalue weighted by Crippen LogP contribution is 2.13. The van der Waals surface area contributed by atoms with Gasteiger partial charge in [0.2, 0.25) is 5.89 Å². The van der Waals surface area contributed by atoms with E-state index < -0.39 is 0 Å². The van der Waals surface area contributed by atoms with Gasteiger partial charge in [0.1, 0.15) is 6.26 Å². The van der Waals surface area contributed by atoms with Crippen molar-refractivity contribution in [2.75, 3.05) is 52.5 Å². The normalized spacial score (nSPS) is 19.5. The van der Waals surface area contributed by atoms with E-state index in [2.05, 4.69) is 51.3 Å². The molecule has 1 aromatic carbocycles. The van der Waals surface area contributed by atoms with E-state index in [-0.39, 0.29) is 12.0 Å². The van der Waals surface area contributed by atoms with Crippen LogP contribution in [0.4, 0.5) is 0 Å². The molecule has 32 heavy (non-hydrogen) atoms. The van der Waals surface area contributed by atoms with Gasteiger partial charge >= 0.3 is 0 Å². The Kier molecular flexibility index (Phi) is 8.28. The van der Waals surface area contributed by atoms with Crippen LogP contribution in [0.2, 0.25) is 0 Å². The zero-order chi connectivity index (χ0) is 22.2. The highest BCUT2D eigenvalue weighted by Gasteiger charge is 2.20. The number of oxazole rings is 1. The first-order valence-corrected chi connectivity index (χ1v) is 11.6. The predicted octanol–water partition coefficient (Wildman–Crippen LogP) is 2.23. The number of aryl methyl sites for hydroxylation is 1. The second kappa shape index (κ2) is 11.6. The molecule has 1 N–H and O–H groups in total. The van der Waals surface area contributed by atoms with Gasteiger partial charge in [0, 0.05) is 45.9 Å². The Hall–Kier alpha value is -2.26. The highest BCUT2D eigenvalue weighted by molar-refractivity contribution is 5.91. The van der Waals surface area contributed by atoms with Crippen LogP contribution in [-0.4, -0.2) is 79.3 Å². The second-order valence-corrected chi connectivity index (χ2v) is 8.63. The van der Waals surface area contributed by atoms with Gasteiger partial charge in [0.25, 0.3) is 5.91 Å². The van der Waals surface area contributed by atoms with Crippen LogP contribution < -0.4 is 5.32 Å². The maximum atomic E-state index is 12.4. The molecule has 2 saturated heterocycles. The molecule has 0 aliphatic carbocycles. The first kappa shape index (κ1) is 22.9. The molecule has 0 saturated carbocycles. The molecule has 8 heteroatoms. The largest absolute Gasteiger partial charge is 0.447 e. The van der Waals surface area contributed by atoms with Crippen LogP contribution in [0.5, 0.6) is 0 Å². The molecular weight excluding hydrogens is 408 g/mol. The number of nitrogens with zero attached hydrogens (tertiary/aromatic N) is 3. The molecule has 1 atom stereocenters. The fraction of sp³-hybridized carbons (Fsp3) is 0.583. The fourth-order valence-electron chi connectivity index (χ4n) is 4.17. The van der Waals surface area contributed by atoms with Crippen LogP contribution >= 0.6 is 0 Å². The van der Waals surface area contributed by atoms with E-state index in [1.165, 1.54) is 17.4 Å². The van der Waals surface area contributed by atoms with Gasteiger partial charge in [-0.3, -0.25) is 14.6 Å². The van der Waals surface area contributed by atoms with Gasteiger partial charge in [-0.1, -0.05) is 29.8 Å². The number of aromatic nitrogens is 1.